The zero-order chi connectivity index (χ0) is 23.3. The molecule has 172 valence electrons. The van der Waals surface area contributed by atoms with Crippen molar-refractivity contribution in [1.29, 1.82) is 0 Å². The molecule has 3 aromatic rings. The average molecular weight is 455 g/mol. The second kappa shape index (κ2) is 8.08. The van der Waals surface area contributed by atoms with Gasteiger partial charge in [0.15, 0.2) is 28.6 Å². The molecule has 0 spiro atoms. The molecule has 0 N–H and O–H groups in total. The molecule has 0 atom stereocenters. The van der Waals surface area contributed by atoms with Gasteiger partial charge in [0.1, 0.15) is 0 Å². The number of carbonyl (C=O) groups excluding carboxylic acids is 2. The van der Waals surface area contributed by atoms with Gasteiger partial charge < -0.3 is 9.47 Å². The number of Topliss-reactive ketones (excluding diaryl/α,β-unsaturated/α-hetero) is 2. The number of piperazine rings is 1. The van der Waals surface area contributed by atoms with Crippen molar-refractivity contribution in [3.05, 3.63) is 94.5 Å². The molecule has 1 fully saturated rings. The lowest BCUT2D eigenvalue weighted by atomic mass is 9.82. The summed E-state index contributed by atoms with van der Waals surface area (Å²) in [7, 11) is 0. The first kappa shape index (κ1) is 21.1. The van der Waals surface area contributed by atoms with Crippen molar-refractivity contribution >= 4 is 11.6 Å². The van der Waals surface area contributed by atoms with Crippen molar-refractivity contribution in [2.75, 3.05) is 33.0 Å². The van der Waals surface area contributed by atoms with E-state index in [4.69, 9.17) is 9.47 Å². The van der Waals surface area contributed by atoms with E-state index in [1.165, 1.54) is 0 Å². The van der Waals surface area contributed by atoms with E-state index in [2.05, 4.69) is 15.9 Å². The van der Waals surface area contributed by atoms with Gasteiger partial charge >= 0.3 is 0 Å². The van der Waals surface area contributed by atoms with Gasteiger partial charge in [-0.25, -0.2) is 0 Å². The molecule has 0 aromatic heterocycles. The van der Waals surface area contributed by atoms with Crippen LogP contribution < -0.4 is 9.47 Å². The summed E-state index contributed by atoms with van der Waals surface area (Å²) in [5, 5.41) is 0. The number of benzene rings is 3. The van der Waals surface area contributed by atoms with Crippen molar-refractivity contribution < 1.29 is 19.1 Å². The highest BCUT2D eigenvalue weighted by Crippen LogP contribution is 2.43. The molecule has 34 heavy (non-hydrogen) atoms. The van der Waals surface area contributed by atoms with Crippen LogP contribution in [0.4, 0.5) is 0 Å². The highest BCUT2D eigenvalue weighted by molar-refractivity contribution is 6.32. The third-order valence-corrected chi connectivity index (χ3v) is 7.20. The van der Waals surface area contributed by atoms with Crippen molar-refractivity contribution in [3.8, 4) is 11.5 Å². The molecule has 2 heterocycles. The van der Waals surface area contributed by atoms with E-state index in [1.54, 1.807) is 12.1 Å². The summed E-state index contributed by atoms with van der Waals surface area (Å²) in [6, 6.07) is 21.1. The van der Waals surface area contributed by atoms with Crippen LogP contribution in [0.1, 0.15) is 37.4 Å². The second-order valence-corrected chi connectivity index (χ2v) is 9.23. The van der Waals surface area contributed by atoms with Crippen LogP contribution in [0, 0.1) is 6.92 Å². The van der Waals surface area contributed by atoms with E-state index in [0.29, 0.717) is 24.2 Å². The molecule has 0 bridgehead atoms. The molecule has 2 aliphatic heterocycles. The third kappa shape index (κ3) is 3.17. The zero-order valence-electron chi connectivity index (χ0n) is 19.1. The van der Waals surface area contributed by atoms with E-state index >= 15 is 0 Å². The normalized spacial score (nSPS) is 19.4. The number of ketones is 2. The van der Waals surface area contributed by atoms with Crippen molar-refractivity contribution in [3.63, 3.8) is 0 Å². The highest BCUT2D eigenvalue weighted by Gasteiger charge is 2.58. The number of hydrogen-bond acceptors (Lipinski definition) is 6. The fourth-order valence-electron chi connectivity index (χ4n) is 5.51. The Kier molecular flexibility index (Phi) is 5.01. The van der Waals surface area contributed by atoms with E-state index in [0.717, 1.165) is 47.8 Å². The van der Waals surface area contributed by atoms with Crippen LogP contribution in [0.3, 0.4) is 0 Å². The van der Waals surface area contributed by atoms with E-state index < -0.39 is 5.54 Å². The van der Waals surface area contributed by atoms with Crippen LogP contribution in [0.15, 0.2) is 66.7 Å². The van der Waals surface area contributed by atoms with Crippen LogP contribution in [0.25, 0.3) is 0 Å². The molecule has 3 aromatic carbocycles. The first-order valence-electron chi connectivity index (χ1n) is 11.7. The number of hydrogen-bond donors (Lipinski definition) is 0. The Hall–Kier alpha value is -3.48. The zero-order valence-corrected chi connectivity index (χ0v) is 19.1. The van der Waals surface area contributed by atoms with Crippen LogP contribution in [0.2, 0.25) is 0 Å². The molecule has 6 rings (SSSR count). The SMILES string of the molecule is Cc1cccc(C2(N3CCN(Cc4ccc5c(c4)OCO5)CC3)C(=O)c3ccccc3C2=O)c1. The Labute approximate surface area is 198 Å². The number of ether oxygens (including phenoxy) is 2. The highest BCUT2D eigenvalue weighted by atomic mass is 16.7. The van der Waals surface area contributed by atoms with Crippen molar-refractivity contribution in [2.45, 2.75) is 19.0 Å². The van der Waals surface area contributed by atoms with Crippen molar-refractivity contribution in [1.82, 2.24) is 9.80 Å². The van der Waals surface area contributed by atoms with E-state index in [9.17, 15) is 9.59 Å². The summed E-state index contributed by atoms with van der Waals surface area (Å²) in [4.78, 5) is 32.3. The van der Waals surface area contributed by atoms with E-state index in [1.807, 2.05) is 55.5 Å². The lowest BCUT2D eigenvalue weighted by Gasteiger charge is -2.44. The Morgan fingerprint density at radius 1 is 0.794 bits per heavy atom. The maximum Gasteiger partial charge on any atom is 0.231 e. The number of rotatable bonds is 4. The number of carbonyl (C=O) groups is 2. The van der Waals surface area contributed by atoms with Crippen LogP contribution in [-0.2, 0) is 12.1 Å². The minimum absolute atomic E-state index is 0.108. The smallest absolute Gasteiger partial charge is 0.231 e. The van der Waals surface area contributed by atoms with Gasteiger partial charge in [-0.1, -0.05) is 60.2 Å². The molecular weight excluding hydrogens is 428 g/mol. The topological polar surface area (TPSA) is 59.1 Å². The summed E-state index contributed by atoms with van der Waals surface area (Å²) < 4.78 is 10.9. The predicted molar refractivity (Wildman–Crippen MR) is 127 cm³/mol. The molecule has 1 saturated heterocycles. The molecule has 6 heteroatoms. The molecule has 3 aliphatic rings. The molecule has 0 saturated carbocycles. The standard InChI is InChI=1S/C28H26N2O4/c1-19-5-4-6-21(15-19)28(26(31)22-7-2-3-8-23(22)27(28)32)30-13-11-29(12-14-30)17-20-9-10-24-25(16-20)34-18-33-24/h2-10,15-16H,11-14,17-18H2,1H3. The van der Waals surface area contributed by atoms with Gasteiger partial charge in [0.2, 0.25) is 6.79 Å². The van der Waals surface area contributed by atoms with Gasteiger partial charge in [-0.2, -0.15) is 0 Å². The first-order chi connectivity index (χ1) is 16.6. The summed E-state index contributed by atoms with van der Waals surface area (Å²) in [6.07, 6.45) is 0. The minimum Gasteiger partial charge on any atom is -0.454 e. The monoisotopic (exact) mass is 454 g/mol. The Morgan fingerprint density at radius 3 is 2.21 bits per heavy atom. The Balaban J connectivity index is 1.29. The van der Waals surface area contributed by atoms with Crippen LogP contribution in [-0.4, -0.2) is 54.3 Å². The Morgan fingerprint density at radius 2 is 1.50 bits per heavy atom. The number of fused-ring (bicyclic) bond motifs is 2. The van der Waals surface area contributed by atoms with Crippen molar-refractivity contribution in [2.24, 2.45) is 0 Å². The van der Waals surface area contributed by atoms with Gasteiger partial charge in [0, 0.05) is 43.9 Å². The Bertz CT molecular complexity index is 1260. The van der Waals surface area contributed by atoms with Gasteiger partial charge in [-0.05, 0) is 30.2 Å². The molecule has 1 aliphatic carbocycles. The van der Waals surface area contributed by atoms with Gasteiger partial charge in [-0.3, -0.25) is 19.4 Å². The van der Waals surface area contributed by atoms with Gasteiger partial charge in [0.25, 0.3) is 0 Å². The van der Waals surface area contributed by atoms with Gasteiger partial charge in [-0.15, -0.1) is 0 Å². The average Bonchev–Trinajstić information content (AvgIpc) is 3.41. The summed E-state index contributed by atoms with van der Waals surface area (Å²) in [6.45, 7) is 5.83. The molecule has 0 amide bonds. The molecule has 6 nitrogen and oxygen atoms in total. The lowest BCUT2D eigenvalue weighted by molar-refractivity contribution is 0.0279. The summed E-state index contributed by atoms with van der Waals surface area (Å²) in [5.74, 6) is 1.35. The third-order valence-electron chi connectivity index (χ3n) is 7.20. The molecule has 0 radical (unpaired) electrons. The number of aryl methyl sites for hydroxylation is 1. The molecular formula is C28H26N2O4. The predicted octanol–water partition coefficient (Wildman–Crippen LogP) is 3.82. The second-order valence-electron chi connectivity index (χ2n) is 9.23. The maximum absolute atomic E-state index is 13.9. The van der Waals surface area contributed by atoms with E-state index in [-0.39, 0.29) is 18.4 Å². The first-order valence-corrected chi connectivity index (χ1v) is 11.7. The minimum atomic E-state index is -1.29. The van der Waals surface area contributed by atoms with Gasteiger partial charge in [0.05, 0.1) is 0 Å². The largest absolute Gasteiger partial charge is 0.454 e. The lowest BCUT2D eigenvalue weighted by Crippen LogP contribution is -2.60. The fraction of sp³-hybridized carbons (Fsp3) is 0.286. The molecule has 0 unspecified atom stereocenters. The number of nitrogens with zero attached hydrogens (tertiary/aromatic N) is 2. The summed E-state index contributed by atoms with van der Waals surface area (Å²) in [5.41, 5.74) is 2.72. The maximum atomic E-state index is 13.9. The summed E-state index contributed by atoms with van der Waals surface area (Å²) >= 11 is 0. The fourth-order valence-corrected chi connectivity index (χ4v) is 5.51. The van der Waals surface area contributed by atoms with Crippen LogP contribution >= 0.6 is 0 Å². The van der Waals surface area contributed by atoms with Crippen LogP contribution in [0.5, 0.6) is 11.5 Å². The quantitative estimate of drug-likeness (QED) is 0.559.